The van der Waals surface area contributed by atoms with Crippen LogP contribution >= 0.6 is 11.6 Å². The van der Waals surface area contributed by atoms with E-state index in [4.69, 9.17) is 22.1 Å². The molecular weight excluding hydrogens is 286 g/mol. The fraction of sp³-hybridized carbons (Fsp3) is 0.438. The molecule has 21 heavy (non-hydrogen) atoms. The molecule has 0 bridgehead atoms. The van der Waals surface area contributed by atoms with E-state index in [0.29, 0.717) is 18.2 Å². The van der Waals surface area contributed by atoms with Crippen molar-refractivity contribution in [3.8, 4) is 0 Å². The van der Waals surface area contributed by atoms with Gasteiger partial charge in [0.1, 0.15) is 0 Å². The van der Waals surface area contributed by atoms with E-state index >= 15 is 0 Å². The minimum atomic E-state index is -0.183. The molecule has 0 radical (unpaired) electrons. The lowest BCUT2D eigenvalue weighted by molar-refractivity contribution is 0.182. The standard InChI is InChI=1S/C16H22ClN3O/c1-11-4-5-12(2)13(8-11)9-15(18)16-14(17)10-19-20(16)6-7-21-3/h4-5,8,10,15H,6-7,9,18H2,1-3H3. The summed E-state index contributed by atoms with van der Waals surface area (Å²) in [5.74, 6) is 0. The van der Waals surface area contributed by atoms with Gasteiger partial charge in [-0.05, 0) is 31.4 Å². The zero-order valence-electron chi connectivity index (χ0n) is 12.8. The number of benzene rings is 1. The highest BCUT2D eigenvalue weighted by molar-refractivity contribution is 6.31. The molecule has 1 aromatic carbocycles. The molecule has 1 aromatic heterocycles. The van der Waals surface area contributed by atoms with Crippen molar-refractivity contribution in [2.45, 2.75) is 32.9 Å². The molecule has 1 atom stereocenters. The van der Waals surface area contributed by atoms with Gasteiger partial charge in [0, 0.05) is 7.11 Å². The van der Waals surface area contributed by atoms with Gasteiger partial charge in [0.25, 0.3) is 0 Å². The first-order valence-electron chi connectivity index (χ1n) is 7.04. The molecule has 2 rings (SSSR count). The molecule has 0 fully saturated rings. The molecule has 0 aliphatic heterocycles. The van der Waals surface area contributed by atoms with Crippen LogP contribution in [0.2, 0.25) is 5.02 Å². The number of nitrogens with zero attached hydrogens (tertiary/aromatic N) is 2. The number of ether oxygens (including phenoxy) is 1. The van der Waals surface area contributed by atoms with Gasteiger partial charge in [0.05, 0.1) is 36.1 Å². The third-order valence-corrected chi connectivity index (χ3v) is 3.93. The van der Waals surface area contributed by atoms with Crippen LogP contribution in [0.4, 0.5) is 0 Å². The van der Waals surface area contributed by atoms with Crippen LogP contribution in [0.25, 0.3) is 0 Å². The van der Waals surface area contributed by atoms with Gasteiger partial charge in [-0.3, -0.25) is 4.68 Å². The Morgan fingerprint density at radius 3 is 2.86 bits per heavy atom. The number of nitrogens with two attached hydrogens (primary N) is 1. The number of hydrogen-bond donors (Lipinski definition) is 1. The van der Waals surface area contributed by atoms with Crippen molar-refractivity contribution in [3.63, 3.8) is 0 Å². The third-order valence-electron chi connectivity index (χ3n) is 3.64. The van der Waals surface area contributed by atoms with Gasteiger partial charge >= 0.3 is 0 Å². The second kappa shape index (κ2) is 7.07. The SMILES string of the molecule is COCCn1ncc(Cl)c1C(N)Cc1cc(C)ccc1C. The van der Waals surface area contributed by atoms with Crippen LogP contribution in [0.5, 0.6) is 0 Å². The Labute approximate surface area is 130 Å². The molecular formula is C16H22ClN3O. The largest absolute Gasteiger partial charge is 0.383 e. The van der Waals surface area contributed by atoms with Crippen molar-refractivity contribution in [2.75, 3.05) is 13.7 Å². The van der Waals surface area contributed by atoms with Gasteiger partial charge in [0.2, 0.25) is 0 Å². The van der Waals surface area contributed by atoms with Crippen molar-refractivity contribution in [1.82, 2.24) is 9.78 Å². The molecule has 0 saturated heterocycles. The third kappa shape index (κ3) is 3.84. The fourth-order valence-electron chi connectivity index (χ4n) is 2.45. The van der Waals surface area contributed by atoms with E-state index in [2.05, 4.69) is 37.1 Å². The normalized spacial score (nSPS) is 12.6. The number of aryl methyl sites for hydroxylation is 2. The van der Waals surface area contributed by atoms with Crippen LogP contribution in [0.3, 0.4) is 0 Å². The summed E-state index contributed by atoms with van der Waals surface area (Å²) in [6.07, 6.45) is 2.39. The van der Waals surface area contributed by atoms with Crippen LogP contribution in [0.1, 0.15) is 28.4 Å². The van der Waals surface area contributed by atoms with Crippen LogP contribution < -0.4 is 5.73 Å². The van der Waals surface area contributed by atoms with Gasteiger partial charge in [-0.2, -0.15) is 5.10 Å². The van der Waals surface area contributed by atoms with Gasteiger partial charge < -0.3 is 10.5 Å². The quantitative estimate of drug-likeness (QED) is 0.892. The molecule has 0 amide bonds. The maximum absolute atomic E-state index is 6.38. The van der Waals surface area contributed by atoms with Crippen LogP contribution in [0, 0.1) is 13.8 Å². The number of rotatable bonds is 6. The minimum Gasteiger partial charge on any atom is -0.383 e. The Morgan fingerprint density at radius 2 is 2.14 bits per heavy atom. The molecule has 2 aromatic rings. The minimum absolute atomic E-state index is 0.183. The summed E-state index contributed by atoms with van der Waals surface area (Å²) in [6.45, 7) is 5.43. The molecule has 2 N–H and O–H groups in total. The van der Waals surface area contributed by atoms with E-state index in [1.807, 2.05) is 4.68 Å². The Balaban J connectivity index is 2.21. The average molecular weight is 308 g/mol. The molecule has 1 unspecified atom stereocenters. The maximum Gasteiger partial charge on any atom is 0.0834 e. The van der Waals surface area contributed by atoms with Crippen molar-refractivity contribution in [1.29, 1.82) is 0 Å². The molecule has 0 saturated carbocycles. The molecule has 0 spiro atoms. The van der Waals surface area contributed by atoms with Gasteiger partial charge in [-0.25, -0.2) is 0 Å². The Morgan fingerprint density at radius 1 is 1.38 bits per heavy atom. The summed E-state index contributed by atoms with van der Waals surface area (Å²) >= 11 is 6.25. The number of hydrogen-bond acceptors (Lipinski definition) is 3. The van der Waals surface area contributed by atoms with Gasteiger partial charge in [0.15, 0.2) is 0 Å². The van der Waals surface area contributed by atoms with Crippen molar-refractivity contribution < 1.29 is 4.74 Å². The number of halogens is 1. The Bertz CT molecular complexity index is 610. The summed E-state index contributed by atoms with van der Waals surface area (Å²) < 4.78 is 6.93. The molecule has 5 heteroatoms. The van der Waals surface area contributed by atoms with Crippen molar-refractivity contribution in [2.24, 2.45) is 5.73 Å². The van der Waals surface area contributed by atoms with Crippen LogP contribution in [-0.2, 0) is 17.7 Å². The lowest BCUT2D eigenvalue weighted by Gasteiger charge is -2.16. The van der Waals surface area contributed by atoms with Gasteiger partial charge in [-0.1, -0.05) is 35.4 Å². The Kier molecular flexibility index (Phi) is 5.39. The predicted molar refractivity (Wildman–Crippen MR) is 85.7 cm³/mol. The summed E-state index contributed by atoms with van der Waals surface area (Å²) in [5, 5.41) is 4.90. The second-order valence-electron chi connectivity index (χ2n) is 5.33. The van der Waals surface area contributed by atoms with Crippen LogP contribution in [0.15, 0.2) is 24.4 Å². The van der Waals surface area contributed by atoms with E-state index in [9.17, 15) is 0 Å². The fourth-order valence-corrected chi connectivity index (χ4v) is 2.73. The van der Waals surface area contributed by atoms with E-state index in [1.54, 1.807) is 13.3 Å². The molecule has 114 valence electrons. The first-order valence-corrected chi connectivity index (χ1v) is 7.42. The second-order valence-corrected chi connectivity index (χ2v) is 5.74. The molecule has 0 aliphatic carbocycles. The summed E-state index contributed by atoms with van der Waals surface area (Å²) in [6, 6.07) is 6.23. The Hall–Kier alpha value is -1.36. The van der Waals surface area contributed by atoms with Crippen LogP contribution in [-0.4, -0.2) is 23.5 Å². The smallest absolute Gasteiger partial charge is 0.0834 e. The number of methoxy groups -OCH3 is 1. The van der Waals surface area contributed by atoms with E-state index in [1.165, 1.54) is 16.7 Å². The zero-order valence-corrected chi connectivity index (χ0v) is 13.5. The monoisotopic (exact) mass is 307 g/mol. The first-order chi connectivity index (χ1) is 10.0. The van der Waals surface area contributed by atoms with E-state index in [-0.39, 0.29) is 6.04 Å². The van der Waals surface area contributed by atoms with Gasteiger partial charge in [-0.15, -0.1) is 0 Å². The highest BCUT2D eigenvalue weighted by Gasteiger charge is 2.18. The number of aromatic nitrogens is 2. The van der Waals surface area contributed by atoms with Crippen molar-refractivity contribution in [3.05, 3.63) is 51.8 Å². The summed E-state index contributed by atoms with van der Waals surface area (Å²) in [4.78, 5) is 0. The molecule has 1 heterocycles. The van der Waals surface area contributed by atoms with E-state index < -0.39 is 0 Å². The highest BCUT2D eigenvalue weighted by atomic mass is 35.5. The zero-order chi connectivity index (χ0) is 15.4. The summed E-state index contributed by atoms with van der Waals surface area (Å²) in [7, 11) is 1.67. The first kappa shape index (κ1) is 16.0. The maximum atomic E-state index is 6.38. The highest BCUT2D eigenvalue weighted by Crippen LogP contribution is 2.25. The topological polar surface area (TPSA) is 53.1 Å². The lowest BCUT2D eigenvalue weighted by Crippen LogP contribution is -2.20. The lowest BCUT2D eigenvalue weighted by atomic mass is 9.98. The predicted octanol–water partition coefficient (Wildman–Crippen LogP) is 3.04. The summed E-state index contributed by atoms with van der Waals surface area (Å²) in [5.41, 5.74) is 11.0. The van der Waals surface area contributed by atoms with Crippen molar-refractivity contribution >= 4 is 11.6 Å². The molecule has 0 aliphatic rings. The van der Waals surface area contributed by atoms with E-state index in [0.717, 1.165) is 12.1 Å². The molecule has 4 nitrogen and oxygen atoms in total. The average Bonchev–Trinajstić information content (AvgIpc) is 2.81.